The van der Waals surface area contributed by atoms with Gasteiger partial charge in [0.1, 0.15) is 0 Å². The minimum atomic E-state index is -0.0613. The van der Waals surface area contributed by atoms with Gasteiger partial charge in [0.15, 0.2) is 0 Å². The van der Waals surface area contributed by atoms with Crippen molar-refractivity contribution in [1.82, 2.24) is 14.9 Å². The van der Waals surface area contributed by atoms with Crippen LogP contribution in [0.3, 0.4) is 0 Å². The van der Waals surface area contributed by atoms with Gasteiger partial charge >= 0.3 is 0 Å². The molecule has 5 rings (SSSR count). The largest absolute Gasteiger partial charge is 0.342 e. The molecule has 0 fully saturated rings. The van der Waals surface area contributed by atoms with Gasteiger partial charge in [-0.25, -0.2) is 5.43 Å². The number of carbonyl (C=O) groups excluding carboxylic acids is 1. The van der Waals surface area contributed by atoms with E-state index in [2.05, 4.69) is 61.0 Å². The summed E-state index contributed by atoms with van der Waals surface area (Å²) < 4.78 is 3.48. The lowest BCUT2D eigenvalue weighted by Gasteiger charge is -2.39. The molecule has 5 nitrogen and oxygen atoms in total. The molecule has 2 heterocycles. The number of hydrogen-bond donors (Lipinski definition) is 1. The number of amides is 1. The number of carbonyl (C=O) groups is 1. The summed E-state index contributed by atoms with van der Waals surface area (Å²) >= 11 is 3.45. The molecule has 1 atom stereocenters. The number of aryl methyl sites for hydroxylation is 2. The van der Waals surface area contributed by atoms with E-state index in [0.29, 0.717) is 12.6 Å². The molecule has 0 saturated heterocycles. The van der Waals surface area contributed by atoms with Crippen molar-refractivity contribution in [3.05, 3.63) is 69.3 Å². The Labute approximate surface area is 184 Å². The van der Waals surface area contributed by atoms with Gasteiger partial charge < -0.3 is 4.57 Å². The molecule has 0 bridgehead atoms. The van der Waals surface area contributed by atoms with Crippen molar-refractivity contribution in [2.75, 3.05) is 13.1 Å². The second-order valence-corrected chi connectivity index (χ2v) is 9.18. The van der Waals surface area contributed by atoms with Crippen molar-refractivity contribution in [3.8, 4) is 0 Å². The van der Waals surface area contributed by atoms with Crippen LogP contribution in [0.15, 0.2) is 52.0 Å². The topological polar surface area (TPSA) is 49.6 Å². The fraction of sp³-hybridized carbons (Fsp3) is 0.333. The number of nitrogens with zero attached hydrogens (tertiary/aromatic N) is 3. The Balaban J connectivity index is 1.33. The van der Waals surface area contributed by atoms with E-state index in [1.165, 1.54) is 34.1 Å². The van der Waals surface area contributed by atoms with Crippen LogP contribution in [-0.4, -0.2) is 34.7 Å². The van der Waals surface area contributed by atoms with E-state index in [9.17, 15) is 4.79 Å². The van der Waals surface area contributed by atoms with Gasteiger partial charge in [-0.15, -0.1) is 0 Å². The second-order valence-electron chi connectivity index (χ2n) is 8.26. The smallest absolute Gasteiger partial charge is 0.254 e. The van der Waals surface area contributed by atoms with E-state index >= 15 is 0 Å². The normalized spacial score (nSPS) is 18.7. The van der Waals surface area contributed by atoms with Gasteiger partial charge in [0.05, 0.1) is 18.8 Å². The molecule has 1 aromatic heterocycles. The summed E-state index contributed by atoms with van der Waals surface area (Å²) in [6, 6.07) is 14.9. The van der Waals surface area contributed by atoms with Crippen molar-refractivity contribution in [1.29, 1.82) is 0 Å². The van der Waals surface area contributed by atoms with E-state index in [-0.39, 0.29) is 5.91 Å². The van der Waals surface area contributed by atoms with Crippen LogP contribution < -0.4 is 5.43 Å². The molecule has 154 valence electrons. The number of aromatic nitrogens is 1. The van der Waals surface area contributed by atoms with E-state index < -0.39 is 0 Å². The van der Waals surface area contributed by atoms with E-state index in [1.54, 1.807) is 6.21 Å². The predicted molar refractivity (Wildman–Crippen MR) is 124 cm³/mol. The van der Waals surface area contributed by atoms with E-state index in [0.717, 1.165) is 36.0 Å². The van der Waals surface area contributed by atoms with Crippen LogP contribution in [0, 0.1) is 6.92 Å². The summed E-state index contributed by atoms with van der Waals surface area (Å²) in [7, 11) is 0. The van der Waals surface area contributed by atoms with Crippen LogP contribution in [0.1, 0.15) is 41.3 Å². The quantitative estimate of drug-likeness (QED) is 0.454. The minimum absolute atomic E-state index is 0.0613. The summed E-state index contributed by atoms with van der Waals surface area (Å²) in [5, 5.41) is 5.54. The zero-order valence-corrected chi connectivity index (χ0v) is 18.7. The Hall–Kier alpha value is -2.44. The van der Waals surface area contributed by atoms with Gasteiger partial charge in [0, 0.05) is 34.2 Å². The highest BCUT2D eigenvalue weighted by Crippen LogP contribution is 2.42. The molecule has 2 aromatic carbocycles. The van der Waals surface area contributed by atoms with Gasteiger partial charge in [-0.3, -0.25) is 9.69 Å². The first kappa shape index (κ1) is 19.5. The summed E-state index contributed by atoms with van der Waals surface area (Å²) in [4.78, 5) is 14.9. The number of hydrogen-bond acceptors (Lipinski definition) is 3. The SMILES string of the molecule is Cc1ccc2c(c1)c1c3n2CCN(CC(=O)N/N=C/c2cccc(Br)c2)[C@H]3CCC1. The maximum Gasteiger partial charge on any atom is 0.254 e. The van der Waals surface area contributed by atoms with Gasteiger partial charge in [-0.1, -0.05) is 39.7 Å². The maximum atomic E-state index is 12.6. The van der Waals surface area contributed by atoms with Crippen molar-refractivity contribution in [2.45, 2.75) is 38.8 Å². The first-order valence-electron chi connectivity index (χ1n) is 10.5. The van der Waals surface area contributed by atoms with E-state index in [4.69, 9.17) is 0 Å². The summed E-state index contributed by atoms with van der Waals surface area (Å²) in [5.41, 5.74) is 9.22. The molecule has 0 radical (unpaired) electrons. The van der Waals surface area contributed by atoms with Gasteiger partial charge in [-0.2, -0.15) is 5.10 Å². The number of rotatable bonds is 4. The monoisotopic (exact) mass is 464 g/mol. The zero-order chi connectivity index (χ0) is 20.7. The number of fused-ring (bicyclic) bond motifs is 3. The predicted octanol–water partition coefficient (Wildman–Crippen LogP) is 4.56. The summed E-state index contributed by atoms with van der Waals surface area (Å²) in [5.74, 6) is -0.0613. The molecule has 1 N–H and O–H groups in total. The van der Waals surface area contributed by atoms with Crippen LogP contribution >= 0.6 is 15.9 Å². The molecule has 3 aromatic rings. The molecule has 2 aliphatic rings. The highest BCUT2D eigenvalue weighted by molar-refractivity contribution is 9.10. The van der Waals surface area contributed by atoms with E-state index in [1.807, 2.05) is 24.3 Å². The number of hydrazone groups is 1. The third-order valence-electron chi connectivity index (χ3n) is 6.24. The van der Waals surface area contributed by atoms with Crippen molar-refractivity contribution in [2.24, 2.45) is 5.10 Å². The molecule has 6 heteroatoms. The van der Waals surface area contributed by atoms with Crippen LogP contribution in [-0.2, 0) is 17.8 Å². The molecular formula is C24H25BrN4O. The molecule has 30 heavy (non-hydrogen) atoms. The average Bonchev–Trinajstić information content (AvgIpc) is 3.05. The van der Waals surface area contributed by atoms with Crippen LogP contribution in [0.4, 0.5) is 0 Å². The molecule has 0 unspecified atom stereocenters. The lowest BCUT2D eigenvalue weighted by molar-refractivity contribution is -0.123. The van der Waals surface area contributed by atoms with Crippen molar-refractivity contribution in [3.63, 3.8) is 0 Å². The minimum Gasteiger partial charge on any atom is -0.342 e. The number of nitrogens with one attached hydrogen (secondary N) is 1. The Morgan fingerprint density at radius 1 is 1.27 bits per heavy atom. The Morgan fingerprint density at radius 3 is 3.03 bits per heavy atom. The molecule has 1 aliphatic heterocycles. The highest BCUT2D eigenvalue weighted by Gasteiger charge is 2.35. The zero-order valence-electron chi connectivity index (χ0n) is 17.1. The third kappa shape index (κ3) is 3.59. The van der Waals surface area contributed by atoms with Gasteiger partial charge in [0.25, 0.3) is 5.91 Å². The standard InChI is InChI=1S/C24H25BrN4O/c1-16-8-9-21-20(12-16)19-6-3-7-22-24(19)29(21)11-10-28(22)15-23(30)27-26-14-17-4-2-5-18(25)13-17/h2,4-5,8-9,12-14,22H,3,6-7,10-11,15H2,1H3,(H,27,30)/b26-14+/t22-/m0/s1. The first-order valence-corrected chi connectivity index (χ1v) is 11.3. The lowest BCUT2D eigenvalue weighted by Crippen LogP contribution is -2.44. The molecular weight excluding hydrogens is 440 g/mol. The van der Waals surface area contributed by atoms with Crippen LogP contribution in [0.5, 0.6) is 0 Å². The molecule has 0 saturated carbocycles. The summed E-state index contributed by atoms with van der Waals surface area (Å²) in [6.07, 6.45) is 5.09. The molecule has 1 aliphatic carbocycles. The number of halogens is 1. The number of benzene rings is 2. The maximum absolute atomic E-state index is 12.6. The molecule has 1 amide bonds. The van der Waals surface area contributed by atoms with Crippen molar-refractivity contribution < 1.29 is 4.79 Å². The molecule has 0 spiro atoms. The Kier molecular flexibility index (Phi) is 5.21. The summed E-state index contributed by atoms with van der Waals surface area (Å²) in [6.45, 7) is 4.35. The average molecular weight is 465 g/mol. The second kappa shape index (κ2) is 8.00. The Bertz CT molecular complexity index is 1150. The lowest BCUT2D eigenvalue weighted by atomic mass is 9.89. The van der Waals surface area contributed by atoms with Gasteiger partial charge in [-0.05, 0) is 61.6 Å². The Morgan fingerprint density at radius 2 is 2.17 bits per heavy atom. The first-order chi connectivity index (χ1) is 14.6. The van der Waals surface area contributed by atoms with Crippen molar-refractivity contribution >= 4 is 39.0 Å². The van der Waals surface area contributed by atoms with Crippen LogP contribution in [0.25, 0.3) is 10.9 Å². The van der Waals surface area contributed by atoms with Crippen LogP contribution in [0.2, 0.25) is 0 Å². The highest BCUT2D eigenvalue weighted by atomic mass is 79.9. The fourth-order valence-electron chi connectivity index (χ4n) is 4.97. The van der Waals surface area contributed by atoms with Gasteiger partial charge in [0.2, 0.25) is 0 Å². The fourth-order valence-corrected chi connectivity index (χ4v) is 5.38. The third-order valence-corrected chi connectivity index (χ3v) is 6.73.